The van der Waals surface area contributed by atoms with Crippen LogP contribution in [0.15, 0.2) is 16.9 Å². The van der Waals surface area contributed by atoms with Gasteiger partial charge in [-0.3, -0.25) is 4.68 Å². The molecule has 84 valence electrons. The highest BCUT2D eigenvalue weighted by molar-refractivity contribution is 5.30. The average Bonchev–Trinajstić information content (AvgIpc) is 2.80. The Balaban J connectivity index is 1.67. The first-order chi connectivity index (χ1) is 7.79. The molecular formula is C10H13N5O. The molecule has 0 bridgehead atoms. The summed E-state index contributed by atoms with van der Waals surface area (Å²) in [6.45, 7) is 0.481. The Kier molecular flexibility index (Phi) is 2.12. The molecule has 0 radical (unpaired) electrons. The first-order valence-electron chi connectivity index (χ1n) is 5.39. The van der Waals surface area contributed by atoms with Crippen molar-refractivity contribution < 1.29 is 4.52 Å². The van der Waals surface area contributed by atoms with E-state index in [4.69, 9.17) is 10.3 Å². The van der Waals surface area contributed by atoms with Crippen molar-refractivity contribution in [1.82, 2.24) is 19.9 Å². The molecular weight excluding hydrogens is 206 g/mol. The summed E-state index contributed by atoms with van der Waals surface area (Å²) in [6, 6.07) is 0. The molecule has 0 amide bonds. The first kappa shape index (κ1) is 9.38. The van der Waals surface area contributed by atoms with Crippen LogP contribution in [0.3, 0.4) is 0 Å². The molecule has 0 aliphatic heterocycles. The van der Waals surface area contributed by atoms with Crippen molar-refractivity contribution in [3.05, 3.63) is 24.1 Å². The van der Waals surface area contributed by atoms with Gasteiger partial charge in [-0.1, -0.05) is 5.16 Å². The Morgan fingerprint density at radius 2 is 2.38 bits per heavy atom. The topological polar surface area (TPSA) is 82.8 Å². The molecule has 6 nitrogen and oxygen atoms in total. The van der Waals surface area contributed by atoms with Gasteiger partial charge in [0.1, 0.15) is 6.54 Å². The predicted octanol–water partition coefficient (Wildman–Crippen LogP) is 0.849. The molecule has 2 N–H and O–H groups in total. The summed E-state index contributed by atoms with van der Waals surface area (Å²) in [5.41, 5.74) is 6.20. The van der Waals surface area contributed by atoms with Crippen LogP contribution in [0, 0.1) is 5.92 Å². The second kappa shape index (κ2) is 3.62. The molecule has 0 spiro atoms. The maximum Gasteiger partial charge on any atom is 0.248 e. The van der Waals surface area contributed by atoms with Gasteiger partial charge in [0.15, 0.2) is 5.82 Å². The maximum absolute atomic E-state index is 5.56. The van der Waals surface area contributed by atoms with E-state index in [1.54, 1.807) is 17.1 Å². The number of hydrogen-bond acceptors (Lipinski definition) is 5. The summed E-state index contributed by atoms with van der Waals surface area (Å²) in [5.74, 6) is 2.15. The van der Waals surface area contributed by atoms with Crippen molar-refractivity contribution in [3.63, 3.8) is 0 Å². The van der Waals surface area contributed by atoms with E-state index < -0.39 is 0 Å². The van der Waals surface area contributed by atoms with Crippen LogP contribution in [-0.4, -0.2) is 19.9 Å². The average molecular weight is 219 g/mol. The van der Waals surface area contributed by atoms with Gasteiger partial charge in [0.05, 0.1) is 11.9 Å². The molecule has 1 fully saturated rings. The fourth-order valence-corrected chi connectivity index (χ4v) is 1.62. The minimum Gasteiger partial charge on any atom is -0.396 e. The van der Waals surface area contributed by atoms with Crippen LogP contribution < -0.4 is 5.73 Å². The van der Waals surface area contributed by atoms with Gasteiger partial charge in [-0.2, -0.15) is 10.1 Å². The smallest absolute Gasteiger partial charge is 0.248 e. The number of nitrogen functional groups attached to an aromatic ring is 1. The molecule has 2 aromatic rings. The highest BCUT2D eigenvalue weighted by Crippen LogP contribution is 2.31. The van der Waals surface area contributed by atoms with Crippen molar-refractivity contribution in [2.45, 2.75) is 25.8 Å². The van der Waals surface area contributed by atoms with Crippen LogP contribution >= 0.6 is 0 Å². The highest BCUT2D eigenvalue weighted by Gasteiger charge is 2.24. The van der Waals surface area contributed by atoms with Gasteiger partial charge in [-0.05, 0) is 18.8 Å². The van der Waals surface area contributed by atoms with E-state index >= 15 is 0 Å². The van der Waals surface area contributed by atoms with Crippen LogP contribution in [0.2, 0.25) is 0 Å². The lowest BCUT2D eigenvalue weighted by Crippen LogP contribution is -2.00. The number of aromatic nitrogens is 4. The minimum absolute atomic E-state index is 0.481. The molecule has 2 heterocycles. The second-order valence-corrected chi connectivity index (χ2v) is 4.22. The largest absolute Gasteiger partial charge is 0.396 e. The van der Waals surface area contributed by atoms with Crippen molar-refractivity contribution in [3.8, 4) is 0 Å². The van der Waals surface area contributed by atoms with Gasteiger partial charge in [0.25, 0.3) is 0 Å². The van der Waals surface area contributed by atoms with Crippen LogP contribution in [0.5, 0.6) is 0 Å². The molecule has 2 aromatic heterocycles. The Morgan fingerprint density at radius 1 is 1.50 bits per heavy atom. The zero-order valence-corrected chi connectivity index (χ0v) is 8.83. The summed E-state index contributed by atoms with van der Waals surface area (Å²) in [5, 5.41) is 8.00. The third-order valence-electron chi connectivity index (χ3n) is 2.63. The van der Waals surface area contributed by atoms with Crippen LogP contribution in [-0.2, 0) is 13.0 Å². The Morgan fingerprint density at radius 3 is 3.06 bits per heavy atom. The summed E-state index contributed by atoms with van der Waals surface area (Å²) in [6.07, 6.45) is 6.86. The summed E-state index contributed by atoms with van der Waals surface area (Å²) in [7, 11) is 0. The molecule has 16 heavy (non-hydrogen) atoms. The molecule has 0 unspecified atom stereocenters. The van der Waals surface area contributed by atoms with Gasteiger partial charge in [-0.15, -0.1) is 0 Å². The van der Waals surface area contributed by atoms with E-state index in [0.29, 0.717) is 18.1 Å². The second-order valence-electron chi connectivity index (χ2n) is 4.22. The van der Waals surface area contributed by atoms with Crippen molar-refractivity contribution in [2.75, 3.05) is 5.73 Å². The van der Waals surface area contributed by atoms with Gasteiger partial charge in [0.2, 0.25) is 5.89 Å². The molecule has 1 aliphatic rings. The lowest BCUT2D eigenvalue weighted by atomic mass is 10.3. The SMILES string of the molecule is Nc1cnn(Cc2nc(CC3CC3)no2)c1. The van der Waals surface area contributed by atoms with E-state index in [9.17, 15) is 0 Å². The van der Waals surface area contributed by atoms with E-state index in [0.717, 1.165) is 18.2 Å². The van der Waals surface area contributed by atoms with Crippen LogP contribution in [0.25, 0.3) is 0 Å². The van der Waals surface area contributed by atoms with E-state index in [-0.39, 0.29) is 0 Å². The van der Waals surface area contributed by atoms with Crippen LogP contribution in [0.1, 0.15) is 24.6 Å². The molecule has 1 aliphatic carbocycles. The van der Waals surface area contributed by atoms with Crippen LogP contribution in [0.4, 0.5) is 5.69 Å². The van der Waals surface area contributed by atoms with Crippen molar-refractivity contribution >= 4 is 5.69 Å². The molecule has 6 heteroatoms. The zero-order chi connectivity index (χ0) is 11.0. The van der Waals surface area contributed by atoms with E-state index in [1.165, 1.54) is 12.8 Å². The van der Waals surface area contributed by atoms with E-state index in [2.05, 4.69) is 15.2 Å². The lowest BCUT2D eigenvalue weighted by Gasteiger charge is -1.93. The zero-order valence-electron chi connectivity index (χ0n) is 8.83. The quantitative estimate of drug-likeness (QED) is 0.824. The maximum atomic E-state index is 5.56. The van der Waals surface area contributed by atoms with Gasteiger partial charge in [0, 0.05) is 12.6 Å². The molecule has 3 rings (SSSR count). The van der Waals surface area contributed by atoms with Gasteiger partial charge >= 0.3 is 0 Å². The molecule has 1 saturated carbocycles. The summed E-state index contributed by atoms with van der Waals surface area (Å²) in [4.78, 5) is 4.32. The fraction of sp³-hybridized carbons (Fsp3) is 0.500. The number of anilines is 1. The number of nitrogens with zero attached hydrogens (tertiary/aromatic N) is 4. The normalized spacial score (nSPS) is 15.5. The Hall–Kier alpha value is -1.85. The fourth-order valence-electron chi connectivity index (χ4n) is 1.62. The molecule has 0 saturated heterocycles. The van der Waals surface area contributed by atoms with Gasteiger partial charge in [-0.25, -0.2) is 0 Å². The molecule has 0 aromatic carbocycles. The standard InChI is InChI=1S/C10H13N5O/c11-8-4-12-15(5-8)6-10-13-9(14-16-10)3-7-1-2-7/h4-5,7H,1-3,6,11H2. The summed E-state index contributed by atoms with van der Waals surface area (Å²) < 4.78 is 6.83. The predicted molar refractivity (Wildman–Crippen MR) is 56.5 cm³/mol. The van der Waals surface area contributed by atoms with Crippen molar-refractivity contribution in [1.29, 1.82) is 0 Å². The number of rotatable bonds is 4. The third kappa shape index (κ3) is 2.05. The monoisotopic (exact) mass is 219 g/mol. The third-order valence-corrected chi connectivity index (χ3v) is 2.63. The Bertz CT molecular complexity index is 485. The molecule has 0 atom stereocenters. The number of nitrogens with two attached hydrogens (primary N) is 1. The first-order valence-corrected chi connectivity index (χ1v) is 5.39. The highest BCUT2D eigenvalue weighted by atomic mass is 16.5. The van der Waals surface area contributed by atoms with Crippen molar-refractivity contribution in [2.24, 2.45) is 5.92 Å². The Labute approximate surface area is 92.4 Å². The lowest BCUT2D eigenvalue weighted by molar-refractivity contribution is 0.360. The number of hydrogen-bond donors (Lipinski definition) is 1. The summed E-state index contributed by atoms with van der Waals surface area (Å²) >= 11 is 0. The van der Waals surface area contributed by atoms with Gasteiger partial charge < -0.3 is 10.3 Å². The van der Waals surface area contributed by atoms with E-state index in [1.807, 2.05) is 0 Å². The minimum atomic E-state index is 0.481.